The first-order valence-electron chi connectivity index (χ1n) is 7.36. The highest BCUT2D eigenvalue weighted by molar-refractivity contribution is 7.98. The van der Waals surface area contributed by atoms with Gasteiger partial charge >= 0.3 is 0 Å². The van der Waals surface area contributed by atoms with Crippen LogP contribution in [0.25, 0.3) is 21.8 Å². The lowest BCUT2D eigenvalue weighted by Crippen LogP contribution is -2.11. The normalized spacial score (nSPS) is 11.2. The number of benzene rings is 2. The van der Waals surface area contributed by atoms with Crippen molar-refractivity contribution in [2.75, 3.05) is 0 Å². The minimum absolute atomic E-state index is 0.176. The molecule has 0 unspecified atom stereocenters. The summed E-state index contributed by atoms with van der Waals surface area (Å²) in [6, 6.07) is 17.1. The second-order valence-electron chi connectivity index (χ2n) is 5.30. The molecule has 0 radical (unpaired) electrons. The van der Waals surface area contributed by atoms with E-state index in [1.54, 1.807) is 18.2 Å². The number of para-hydroxylation sites is 1. The molecule has 0 saturated heterocycles. The zero-order valence-corrected chi connectivity index (χ0v) is 14.1. The summed E-state index contributed by atoms with van der Waals surface area (Å²) in [5, 5.41) is 3.03. The number of rotatable bonds is 3. The molecule has 0 aliphatic carbocycles. The molecule has 2 aromatic heterocycles. The minimum Gasteiger partial charge on any atom is -0.309 e. The highest BCUT2D eigenvalue weighted by atomic mass is 35.5. The Balaban J connectivity index is 1.61. The Morgan fingerprint density at radius 3 is 2.79 bits per heavy atom. The number of nitrogens with one attached hydrogen (secondary N) is 1. The van der Waals surface area contributed by atoms with Crippen molar-refractivity contribution in [3.63, 3.8) is 0 Å². The van der Waals surface area contributed by atoms with Gasteiger partial charge in [-0.3, -0.25) is 4.79 Å². The van der Waals surface area contributed by atoms with E-state index in [-0.39, 0.29) is 5.56 Å². The maximum Gasteiger partial charge on any atom is 0.258 e. The number of hydrogen-bond donors (Lipinski definition) is 1. The van der Waals surface area contributed by atoms with Crippen LogP contribution in [0.1, 0.15) is 5.82 Å². The summed E-state index contributed by atoms with van der Waals surface area (Å²) in [6.07, 6.45) is 0. The summed E-state index contributed by atoms with van der Waals surface area (Å²) in [7, 11) is 0. The zero-order valence-electron chi connectivity index (χ0n) is 12.5. The Bertz CT molecular complexity index is 1110. The second-order valence-corrected chi connectivity index (χ2v) is 6.74. The van der Waals surface area contributed by atoms with E-state index in [1.165, 1.54) is 11.8 Å². The summed E-state index contributed by atoms with van der Waals surface area (Å²) in [5.74, 6) is 1.16. The van der Waals surface area contributed by atoms with E-state index >= 15 is 0 Å². The van der Waals surface area contributed by atoms with Gasteiger partial charge in [-0.25, -0.2) is 9.97 Å². The molecule has 118 valence electrons. The van der Waals surface area contributed by atoms with Gasteiger partial charge in [-0.2, -0.15) is 0 Å². The molecule has 4 rings (SSSR count). The summed E-state index contributed by atoms with van der Waals surface area (Å²) >= 11 is 7.47. The summed E-state index contributed by atoms with van der Waals surface area (Å²) in [5.41, 5.74) is 1.42. The fraction of sp³-hybridized carbons (Fsp3) is 0.0556. The Hall–Kier alpha value is -2.37. The SMILES string of the molecule is O=c1[nH]c(CSc2ccc3ccccc3n2)nc2ccc(Cl)cc12. The third kappa shape index (κ3) is 3.00. The molecular formula is C18H12ClN3OS. The van der Waals surface area contributed by atoms with Crippen LogP contribution in [0.3, 0.4) is 0 Å². The molecule has 0 aliphatic rings. The smallest absolute Gasteiger partial charge is 0.258 e. The Morgan fingerprint density at radius 1 is 1.00 bits per heavy atom. The van der Waals surface area contributed by atoms with Crippen LogP contribution in [0.15, 0.2) is 64.4 Å². The molecule has 0 atom stereocenters. The molecule has 0 bridgehead atoms. The monoisotopic (exact) mass is 353 g/mol. The van der Waals surface area contributed by atoms with Crippen LogP contribution >= 0.6 is 23.4 Å². The minimum atomic E-state index is -0.176. The van der Waals surface area contributed by atoms with Gasteiger partial charge in [0.1, 0.15) is 5.82 Å². The maximum atomic E-state index is 12.2. The predicted octanol–water partition coefficient (Wildman–Crippen LogP) is 4.42. The van der Waals surface area contributed by atoms with Gasteiger partial charge in [0, 0.05) is 10.4 Å². The first-order valence-corrected chi connectivity index (χ1v) is 8.72. The van der Waals surface area contributed by atoms with Gasteiger partial charge in [0.2, 0.25) is 0 Å². The summed E-state index contributed by atoms with van der Waals surface area (Å²) in [4.78, 5) is 24.1. The number of hydrogen-bond acceptors (Lipinski definition) is 4. The van der Waals surface area contributed by atoms with Crippen LogP contribution in [0.4, 0.5) is 0 Å². The summed E-state index contributed by atoms with van der Waals surface area (Å²) in [6.45, 7) is 0. The third-order valence-electron chi connectivity index (χ3n) is 3.65. The molecule has 0 aliphatic heterocycles. The highest BCUT2D eigenvalue weighted by Crippen LogP contribution is 2.23. The molecule has 1 N–H and O–H groups in total. The van der Waals surface area contributed by atoms with Gasteiger partial charge in [0.05, 0.1) is 27.2 Å². The molecule has 6 heteroatoms. The molecule has 0 spiro atoms. The van der Waals surface area contributed by atoms with Crippen molar-refractivity contribution in [1.82, 2.24) is 15.0 Å². The maximum absolute atomic E-state index is 12.2. The fourth-order valence-electron chi connectivity index (χ4n) is 2.50. The predicted molar refractivity (Wildman–Crippen MR) is 98.7 cm³/mol. The first kappa shape index (κ1) is 15.2. The number of aromatic amines is 1. The lowest BCUT2D eigenvalue weighted by molar-refractivity contribution is 1.03. The first-order chi connectivity index (χ1) is 11.7. The molecule has 0 amide bonds. The van der Waals surface area contributed by atoms with Crippen molar-refractivity contribution in [3.05, 3.63) is 75.8 Å². The molecule has 2 aromatic carbocycles. The Kier molecular flexibility index (Phi) is 3.96. The van der Waals surface area contributed by atoms with Crippen molar-refractivity contribution in [1.29, 1.82) is 0 Å². The van der Waals surface area contributed by atoms with E-state index in [0.29, 0.717) is 27.5 Å². The number of nitrogens with zero attached hydrogens (tertiary/aromatic N) is 2. The Morgan fingerprint density at radius 2 is 1.88 bits per heavy atom. The third-order valence-corrected chi connectivity index (χ3v) is 4.82. The molecule has 4 nitrogen and oxygen atoms in total. The van der Waals surface area contributed by atoms with Crippen molar-refractivity contribution < 1.29 is 0 Å². The number of fused-ring (bicyclic) bond motifs is 2. The van der Waals surface area contributed by atoms with Crippen LogP contribution in [0.5, 0.6) is 0 Å². The van der Waals surface area contributed by atoms with E-state index in [2.05, 4.69) is 15.0 Å². The van der Waals surface area contributed by atoms with Crippen LogP contribution in [-0.4, -0.2) is 15.0 Å². The van der Waals surface area contributed by atoms with Crippen molar-refractivity contribution in [2.45, 2.75) is 10.8 Å². The van der Waals surface area contributed by atoms with Crippen molar-refractivity contribution in [2.24, 2.45) is 0 Å². The topological polar surface area (TPSA) is 58.6 Å². The van der Waals surface area contributed by atoms with Crippen LogP contribution in [0.2, 0.25) is 5.02 Å². The van der Waals surface area contributed by atoms with Crippen LogP contribution in [0, 0.1) is 0 Å². The lowest BCUT2D eigenvalue weighted by Gasteiger charge is -2.04. The number of thioether (sulfide) groups is 1. The van der Waals surface area contributed by atoms with Gasteiger partial charge in [0.15, 0.2) is 0 Å². The highest BCUT2D eigenvalue weighted by Gasteiger charge is 2.06. The Labute approximate surface area is 146 Å². The number of pyridine rings is 1. The molecule has 0 fully saturated rings. The number of aromatic nitrogens is 3. The average Bonchev–Trinajstić information content (AvgIpc) is 2.60. The van der Waals surface area contributed by atoms with Crippen LogP contribution < -0.4 is 5.56 Å². The van der Waals surface area contributed by atoms with E-state index in [4.69, 9.17) is 11.6 Å². The molecule has 4 aromatic rings. The second kappa shape index (κ2) is 6.26. The van der Waals surface area contributed by atoms with E-state index < -0.39 is 0 Å². The number of H-pyrrole nitrogens is 1. The molecule has 24 heavy (non-hydrogen) atoms. The zero-order chi connectivity index (χ0) is 16.5. The van der Waals surface area contributed by atoms with Gasteiger partial charge in [-0.15, -0.1) is 0 Å². The standard InChI is InChI=1S/C18H12ClN3OS/c19-12-6-7-15-13(9-12)18(23)22-16(20-15)10-24-17-8-5-11-3-1-2-4-14(11)21-17/h1-9H,10H2,(H,20,22,23). The van der Waals surface area contributed by atoms with Crippen molar-refractivity contribution in [3.8, 4) is 0 Å². The summed E-state index contributed by atoms with van der Waals surface area (Å²) < 4.78 is 0. The quantitative estimate of drug-likeness (QED) is 0.554. The molecule has 0 saturated carbocycles. The van der Waals surface area contributed by atoms with Gasteiger partial charge in [0.25, 0.3) is 5.56 Å². The lowest BCUT2D eigenvalue weighted by atomic mass is 10.2. The van der Waals surface area contributed by atoms with Crippen molar-refractivity contribution >= 4 is 45.2 Å². The fourth-order valence-corrected chi connectivity index (χ4v) is 3.42. The van der Waals surface area contributed by atoms with E-state index in [1.807, 2.05) is 36.4 Å². The van der Waals surface area contributed by atoms with Crippen LogP contribution in [-0.2, 0) is 5.75 Å². The molecular weight excluding hydrogens is 342 g/mol. The van der Waals surface area contributed by atoms with E-state index in [0.717, 1.165) is 15.9 Å². The largest absolute Gasteiger partial charge is 0.309 e. The van der Waals surface area contributed by atoms with E-state index in [9.17, 15) is 4.79 Å². The van der Waals surface area contributed by atoms with Gasteiger partial charge in [-0.05, 0) is 30.3 Å². The molecule has 2 heterocycles. The van der Waals surface area contributed by atoms with Gasteiger partial charge in [-0.1, -0.05) is 47.6 Å². The van der Waals surface area contributed by atoms with Gasteiger partial charge < -0.3 is 4.98 Å². The average molecular weight is 354 g/mol. The number of halogens is 1.